The Labute approximate surface area is 86.0 Å². The quantitative estimate of drug-likeness (QED) is 0.736. The molecule has 3 heteroatoms. The van der Waals surface area contributed by atoms with Gasteiger partial charge in [-0.3, -0.25) is 4.90 Å². The molecule has 2 unspecified atom stereocenters. The van der Waals surface area contributed by atoms with E-state index in [4.69, 9.17) is 4.74 Å². The molecule has 14 heavy (non-hydrogen) atoms. The van der Waals surface area contributed by atoms with E-state index in [1.807, 2.05) is 0 Å². The summed E-state index contributed by atoms with van der Waals surface area (Å²) in [6, 6.07) is 0.949. The fourth-order valence-electron chi connectivity index (χ4n) is 2.85. The molecular formula is C11H21NO2. The second-order valence-electron chi connectivity index (χ2n) is 4.44. The summed E-state index contributed by atoms with van der Waals surface area (Å²) in [4.78, 5) is 2.45. The molecule has 82 valence electrons. The predicted octanol–water partition coefficient (Wildman–Crippen LogP) is 1.01. The lowest BCUT2D eigenvalue weighted by Crippen LogP contribution is -2.47. The van der Waals surface area contributed by atoms with Crippen LogP contribution in [0.1, 0.15) is 32.6 Å². The van der Waals surface area contributed by atoms with E-state index >= 15 is 0 Å². The minimum absolute atomic E-state index is 0.253. The van der Waals surface area contributed by atoms with Crippen LogP contribution in [0.2, 0.25) is 0 Å². The van der Waals surface area contributed by atoms with E-state index in [-0.39, 0.29) is 12.1 Å². The van der Waals surface area contributed by atoms with Crippen LogP contribution < -0.4 is 0 Å². The zero-order chi connectivity index (χ0) is 9.97. The van der Waals surface area contributed by atoms with Crippen LogP contribution in [-0.4, -0.2) is 48.0 Å². The van der Waals surface area contributed by atoms with Gasteiger partial charge in [-0.15, -0.1) is 0 Å². The van der Waals surface area contributed by atoms with Gasteiger partial charge in [0.05, 0.1) is 25.4 Å². The second-order valence-corrected chi connectivity index (χ2v) is 4.44. The van der Waals surface area contributed by atoms with Crippen molar-refractivity contribution < 1.29 is 9.84 Å². The van der Waals surface area contributed by atoms with Gasteiger partial charge in [-0.1, -0.05) is 19.8 Å². The van der Waals surface area contributed by atoms with Crippen LogP contribution in [0.15, 0.2) is 0 Å². The van der Waals surface area contributed by atoms with Gasteiger partial charge in [0.1, 0.15) is 0 Å². The maximum Gasteiger partial charge on any atom is 0.0950 e. The summed E-state index contributed by atoms with van der Waals surface area (Å²) < 4.78 is 5.32. The Bertz CT molecular complexity index is 180. The highest BCUT2D eigenvalue weighted by Gasteiger charge is 2.35. The first-order valence-corrected chi connectivity index (χ1v) is 5.84. The van der Waals surface area contributed by atoms with Crippen LogP contribution in [0.25, 0.3) is 0 Å². The van der Waals surface area contributed by atoms with Gasteiger partial charge in [-0.25, -0.2) is 0 Å². The predicted molar refractivity (Wildman–Crippen MR) is 55.2 cm³/mol. The molecule has 1 saturated carbocycles. The van der Waals surface area contributed by atoms with Crippen LogP contribution in [0.4, 0.5) is 0 Å². The van der Waals surface area contributed by atoms with Gasteiger partial charge in [-0.05, 0) is 19.4 Å². The van der Waals surface area contributed by atoms with Gasteiger partial charge >= 0.3 is 0 Å². The van der Waals surface area contributed by atoms with Crippen molar-refractivity contribution in [1.29, 1.82) is 0 Å². The molecule has 0 aromatic heterocycles. The summed E-state index contributed by atoms with van der Waals surface area (Å²) in [7, 11) is 0. The number of hydrogen-bond donors (Lipinski definition) is 1. The molecule has 0 bridgehead atoms. The third-order valence-electron chi connectivity index (χ3n) is 3.61. The van der Waals surface area contributed by atoms with Gasteiger partial charge in [0.25, 0.3) is 0 Å². The molecule has 0 aromatic rings. The van der Waals surface area contributed by atoms with Crippen molar-refractivity contribution in [3.8, 4) is 0 Å². The highest BCUT2D eigenvalue weighted by Crippen LogP contribution is 2.27. The van der Waals surface area contributed by atoms with Crippen LogP contribution in [0.3, 0.4) is 0 Å². The summed E-state index contributed by atoms with van der Waals surface area (Å²) in [5, 5.41) is 9.78. The number of rotatable bonds is 3. The van der Waals surface area contributed by atoms with Crippen molar-refractivity contribution in [3.05, 3.63) is 0 Å². The molecule has 3 nitrogen and oxygen atoms in total. The normalized spacial score (nSPS) is 34.5. The molecule has 1 N–H and O–H groups in total. The molecule has 1 saturated heterocycles. The van der Waals surface area contributed by atoms with Gasteiger partial charge in [0.15, 0.2) is 0 Å². The molecule has 0 radical (unpaired) electrons. The molecule has 1 heterocycles. The fraction of sp³-hybridized carbons (Fsp3) is 1.00. The van der Waals surface area contributed by atoms with Crippen molar-refractivity contribution in [2.75, 3.05) is 19.8 Å². The SMILES string of the molecule is CCN(C1CCCC1)C1COCC1O. The van der Waals surface area contributed by atoms with Crippen molar-refractivity contribution in [2.24, 2.45) is 0 Å². The molecular weight excluding hydrogens is 178 g/mol. The van der Waals surface area contributed by atoms with Crippen LogP contribution in [0.5, 0.6) is 0 Å². The van der Waals surface area contributed by atoms with E-state index in [9.17, 15) is 5.11 Å². The van der Waals surface area contributed by atoms with Gasteiger partial charge in [0, 0.05) is 6.04 Å². The van der Waals surface area contributed by atoms with Gasteiger partial charge < -0.3 is 9.84 Å². The lowest BCUT2D eigenvalue weighted by atomic mass is 10.1. The minimum atomic E-state index is -0.268. The maximum atomic E-state index is 9.78. The Kier molecular flexibility index (Phi) is 3.42. The first-order chi connectivity index (χ1) is 6.83. The molecule has 0 aromatic carbocycles. The molecule has 1 aliphatic carbocycles. The van der Waals surface area contributed by atoms with E-state index in [1.54, 1.807) is 0 Å². The summed E-state index contributed by atoms with van der Waals surface area (Å²) >= 11 is 0. The van der Waals surface area contributed by atoms with Crippen LogP contribution >= 0.6 is 0 Å². The lowest BCUT2D eigenvalue weighted by Gasteiger charge is -2.34. The molecule has 1 aliphatic heterocycles. The third-order valence-corrected chi connectivity index (χ3v) is 3.61. The molecule has 0 spiro atoms. The molecule has 2 fully saturated rings. The van der Waals surface area contributed by atoms with Crippen LogP contribution in [0, 0.1) is 0 Å². The molecule has 2 aliphatic rings. The minimum Gasteiger partial charge on any atom is -0.389 e. The summed E-state index contributed by atoms with van der Waals surface area (Å²) in [5.74, 6) is 0. The molecule has 2 rings (SSSR count). The number of aliphatic hydroxyl groups is 1. The molecule has 2 atom stereocenters. The topological polar surface area (TPSA) is 32.7 Å². The van der Waals surface area contributed by atoms with Crippen LogP contribution in [-0.2, 0) is 4.74 Å². The maximum absolute atomic E-state index is 9.78. The fourth-order valence-corrected chi connectivity index (χ4v) is 2.85. The van der Waals surface area contributed by atoms with Crippen molar-refractivity contribution in [3.63, 3.8) is 0 Å². The van der Waals surface area contributed by atoms with E-state index in [0.717, 1.165) is 6.54 Å². The van der Waals surface area contributed by atoms with Gasteiger partial charge in [-0.2, -0.15) is 0 Å². The standard InChI is InChI=1S/C11H21NO2/c1-2-12(9-5-3-4-6-9)10-7-14-8-11(10)13/h9-11,13H,2-8H2,1H3. The average molecular weight is 199 g/mol. The zero-order valence-electron chi connectivity index (χ0n) is 8.98. The largest absolute Gasteiger partial charge is 0.389 e. The number of ether oxygens (including phenoxy) is 1. The summed E-state index contributed by atoms with van der Waals surface area (Å²) in [5.41, 5.74) is 0. The Hall–Kier alpha value is -0.120. The number of aliphatic hydroxyl groups excluding tert-OH is 1. The number of nitrogens with zero attached hydrogens (tertiary/aromatic N) is 1. The highest BCUT2D eigenvalue weighted by molar-refractivity contribution is 4.88. The van der Waals surface area contributed by atoms with E-state index < -0.39 is 0 Å². The number of likely N-dealkylation sites (N-methyl/N-ethyl adjacent to an activating group) is 1. The van der Waals surface area contributed by atoms with Gasteiger partial charge in [0.2, 0.25) is 0 Å². The first-order valence-electron chi connectivity index (χ1n) is 5.84. The second kappa shape index (κ2) is 4.60. The lowest BCUT2D eigenvalue weighted by molar-refractivity contribution is 0.0590. The highest BCUT2D eigenvalue weighted by atomic mass is 16.5. The Morgan fingerprint density at radius 1 is 1.29 bits per heavy atom. The van der Waals surface area contributed by atoms with E-state index in [2.05, 4.69) is 11.8 Å². The first kappa shape index (κ1) is 10.4. The van der Waals surface area contributed by atoms with Crippen molar-refractivity contribution in [2.45, 2.75) is 50.8 Å². The smallest absolute Gasteiger partial charge is 0.0950 e. The monoisotopic (exact) mass is 199 g/mol. The summed E-state index contributed by atoms with van der Waals surface area (Å²) in [6.45, 7) is 4.46. The zero-order valence-corrected chi connectivity index (χ0v) is 8.98. The Morgan fingerprint density at radius 3 is 2.50 bits per heavy atom. The average Bonchev–Trinajstić information content (AvgIpc) is 2.80. The Balaban J connectivity index is 1.96. The number of hydrogen-bond acceptors (Lipinski definition) is 3. The van der Waals surface area contributed by atoms with Crippen molar-refractivity contribution >= 4 is 0 Å². The Morgan fingerprint density at radius 2 is 2.00 bits per heavy atom. The third kappa shape index (κ3) is 1.95. The van der Waals surface area contributed by atoms with E-state index in [1.165, 1.54) is 25.7 Å². The van der Waals surface area contributed by atoms with E-state index in [0.29, 0.717) is 19.3 Å². The summed E-state index contributed by atoms with van der Waals surface area (Å²) in [6.07, 6.45) is 5.04. The molecule has 0 amide bonds. The van der Waals surface area contributed by atoms with Crippen molar-refractivity contribution in [1.82, 2.24) is 4.90 Å².